The van der Waals surface area contributed by atoms with E-state index in [-0.39, 0.29) is 17.0 Å². The van der Waals surface area contributed by atoms with Gasteiger partial charge in [0.25, 0.3) is 0 Å². The van der Waals surface area contributed by atoms with Crippen molar-refractivity contribution in [2.24, 2.45) is 11.3 Å². The average molecular weight is 292 g/mol. The number of benzene rings is 1. The molecule has 0 atom stereocenters. The molecule has 5 heteroatoms. The van der Waals surface area contributed by atoms with E-state index in [2.05, 4.69) is 38.3 Å². The Kier molecular flexibility index (Phi) is 5.35. The number of carbonyl (C=O) groups excluding carboxylic acids is 1. The normalized spacial score (nSPS) is 11.3. The molecular formula is C16H24N2O3. The average Bonchev–Trinajstić information content (AvgIpc) is 2.38. The number of rotatable bonds is 5. The third-order valence-electron chi connectivity index (χ3n) is 3.99. The van der Waals surface area contributed by atoms with Crippen molar-refractivity contribution in [3.05, 3.63) is 29.3 Å². The summed E-state index contributed by atoms with van der Waals surface area (Å²) in [6, 6.07) is 4.50. The van der Waals surface area contributed by atoms with Crippen LogP contribution in [0.1, 0.15) is 43.6 Å². The van der Waals surface area contributed by atoms with Gasteiger partial charge in [0.05, 0.1) is 5.56 Å². The summed E-state index contributed by atoms with van der Waals surface area (Å²) in [5, 5.41) is 14.5. The molecule has 0 unspecified atom stereocenters. The van der Waals surface area contributed by atoms with Crippen molar-refractivity contribution in [2.75, 3.05) is 11.9 Å². The van der Waals surface area contributed by atoms with Crippen LogP contribution >= 0.6 is 0 Å². The van der Waals surface area contributed by atoms with E-state index >= 15 is 0 Å². The molecule has 5 nitrogen and oxygen atoms in total. The molecule has 0 aliphatic carbocycles. The minimum atomic E-state index is -1.00. The van der Waals surface area contributed by atoms with Gasteiger partial charge in [0.15, 0.2) is 0 Å². The van der Waals surface area contributed by atoms with Crippen LogP contribution in [-0.2, 0) is 0 Å². The molecule has 1 aromatic carbocycles. The lowest BCUT2D eigenvalue weighted by Gasteiger charge is -2.29. The summed E-state index contributed by atoms with van der Waals surface area (Å²) < 4.78 is 0. The van der Waals surface area contributed by atoms with E-state index in [9.17, 15) is 9.59 Å². The fourth-order valence-electron chi connectivity index (χ4n) is 1.62. The SMILES string of the molecule is Cc1ccc(NC(=O)NCC(C)(C)C(C)C)cc1C(=O)O. The lowest BCUT2D eigenvalue weighted by atomic mass is 9.81. The van der Waals surface area contributed by atoms with E-state index < -0.39 is 5.97 Å². The Bertz CT molecular complexity index is 536. The van der Waals surface area contributed by atoms with Crippen LogP contribution in [0.2, 0.25) is 0 Å². The minimum absolute atomic E-state index is 0.00313. The van der Waals surface area contributed by atoms with Gasteiger partial charge in [0.1, 0.15) is 0 Å². The standard InChI is InChI=1S/C16H24N2O3/c1-10(2)16(4,5)9-17-15(21)18-12-7-6-11(3)13(8-12)14(19)20/h6-8,10H,9H2,1-5H3,(H,19,20)(H2,17,18,21). The number of carboxylic acid groups (broad SMARTS) is 1. The van der Waals surface area contributed by atoms with Gasteiger partial charge in [-0.25, -0.2) is 9.59 Å². The number of hydrogen-bond acceptors (Lipinski definition) is 2. The molecule has 0 saturated carbocycles. The first kappa shape index (κ1) is 17.0. The predicted molar refractivity (Wildman–Crippen MR) is 83.8 cm³/mol. The van der Waals surface area contributed by atoms with Gasteiger partial charge < -0.3 is 15.7 Å². The molecular weight excluding hydrogens is 268 g/mol. The van der Waals surface area contributed by atoms with Gasteiger partial charge >= 0.3 is 12.0 Å². The zero-order valence-electron chi connectivity index (χ0n) is 13.3. The van der Waals surface area contributed by atoms with Crippen molar-refractivity contribution in [1.82, 2.24) is 5.32 Å². The molecule has 3 N–H and O–H groups in total. The van der Waals surface area contributed by atoms with Gasteiger partial charge in [-0.1, -0.05) is 33.8 Å². The van der Waals surface area contributed by atoms with Gasteiger partial charge in [0, 0.05) is 12.2 Å². The summed E-state index contributed by atoms with van der Waals surface area (Å²) in [5.74, 6) is -0.562. The van der Waals surface area contributed by atoms with Gasteiger partial charge in [-0.3, -0.25) is 0 Å². The molecule has 2 amide bonds. The summed E-state index contributed by atoms with van der Waals surface area (Å²) >= 11 is 0. The number of hydrogen-bond donors (Lipinski definition) is 3. The monoisotopic (exact) mass is 292 g/mol. The highest BCUT2D eigenvalue weighted by atomic mass is 16.4. The second kappa shape index (κ2) is 6.61. The Morgan fingerprint density at radius 2 is 1.90 bits per heavy atom. The molecule has 0 radical (unpaired) electrons. The molecule has 0 aliphatic heterocycles. The second-order valence-electron chi connectivity index (χ2n) is 6.29. The number of amides is 2. The molecule has 21 heavy (non-hydrogen) atoms. The topological polar surface area (TPSA) is 78.4 Å². The van der Waals surface area contributed by atoms with Crippen molar-refractivity contribution in [1.29, 1.82) is 0 Å². The third-order valence-corrected chi connectivity index (χ3v) is 3.99. The first-order valence-electron chi connectivity index (χ1n) is 7.02. The van der Waals surface area contributed by atoms with Crippen LogP contribution in [0.3, 0.4) is 0 Å². The summed E-state index contributed by atoms with van der Waals surface area (Å²) in [5.41, 5.74) is 1.32. The Hall–Kier alpha value is -2.04. The van der Waals surface area contributed by atoms with Crippen LogP contribution in [0.25, 0.3) is 0 Å². The van der Waals surface area contributed by atoms with Gasteiger partial charge in [0.2, 0.25) is 0 Å². The second-order valence-corrected chi connectivity index (χ2v) is 6.29. The Balaban J connectivity index is 2.68. The fraction of sp³-hybridized carbons (Fsp3) is 0.500. The molecule has 1 aromatic rings. The molecule has 0 saturated heterocycles. The highest BCUT2D eigenvalue weighted by Gasteiger charge is 2.22. The Labute approximate surface area is 125 Å². The molecule has 1 rings (SSSR count). The van der Waals surface area contributed by atoms with Gasteiger partial charge in [-0.2, -0.15) is 0 Å². The number of carbonyl (C=O) groups is 2. The lowest BCUT2D eigenvalue weighted by Crippen LogP contribution is -2.39. The van der Waals surface area contributed by atoms with Crippen LogP contribution in [0, 0.1) is 18.3 Å². The summed E-state index contributed by atoms with van der Waals surface area (Å²) in [6.45, 7) is 10.7. The van der Waals surface area contributed by atoms with Crippen LogP contribution in [0.15, 0.2) is 18.2 Å². The maximum atomic E-state index is 11.9. The van der Waals surface area contributed by atoms with Crippen molar-refractivity contribution >= 4 is 17.7 Å². The van der Waals surface area contributed by atoms with Crippen LogP contribution in [0.4, 0.5) is 10.5 Å². The largest absolute Gasteiger partial charge is 0.478 e. The summed E-state index contributed by atoms with van der Waals surface area (Å²) in [7, 11) is 0. The van der Waals surface area contributed by atoms with Crippen molar-refractivity contribution in [3.8, 4) is 0 Å². The molecule has 0 spiro atoms. The highest BCUT2D eigenvalue weighted by Crippen LogP contribution is 2.24. The van der Waals surface area contributed by atoms with Crippen LogP contribution in [-0.4, -0.2) is 23.7 Å². The minimum Gasteiger partial charge on any atom is -0.478 e. The van der Waals surface area contributed by atoms with Crippen molar-refractivity contribution in [2.45, 2.75) is 34.6 Å². The fourth-order valence-corrected chi connectivity index (χ4v) is 1.62. The first-order valence-corrected chi connectivity index (χ1v) is 7.02. The number of aryl methyl sites for hydroxylation is 1. The van der Waals surface area contributed by atoms with E-state index in [1.807, 2.05) is 0 Å². The molecule has 0 bridgehead atoms. The number of aromatic carboxylic acids is 1. The number of anilines is 1. The van der Waals surface area contributed by atoms with E-state index in [0.29, 0.717) is 23.7 Å². The van der Waals surface area contributed by atoms with E-state index in [1.165, 1.54) is 6.07 Å². The number of nitrogens with one attached hydrogen (secondary N) is 2. The van der Waals surface area contributed by atoms with E-state index in [1.54, 1.807) is 19.1 Å². The van der Waals surface area contributed by atoms with Crippen LogP contribution < -0.4 is 10.6 Å². The number of urea groups is 1. The maximum Gasteiger partial charge on any atom is 0.336 e. The molecule has 0 aliphatic rings. The Morgan fingerprint density at radius 1 is 1.29 bits per heavy atom. The maximum absolute atomic E-state index is 11.9. The molecule has 0 heterocycles. The quantitative estimate of drug-likeness (QED) is 0.777. The Morgan fingerprint density at radius 3 is 2.43 bits per heavy atom. The molecule has 116 valence electrons. The van der Waals surface area contributed by atoms with Gasteiger partial charge in [-0.15, -0.1) is 0 Å². The lowest BCUT2D eigenvalue weighted by molar-refractivity contribution is 0.0696. The van der Waals surface area contributed by atoms with Gasteiger partial charge in [-0.05, 0) is 36.0 Å². The third kappa shape index (κ3) is 4.77. The zero-order chi connectivity index (χ0) is 16.2. The number of carboxylic acids is 1. The van der Waals surface area contributed by atoms with Crippen LogP contribution in [0.5, 0.6) is 0 Å². The van der Waals surface area contributed by atoms with Crippen molar-refractivity contribution < 1.29 is 14.7 Å². The zero-order valence-corrected chi connectivity index (χ0v) is 13.3. The smallest absolute Gasteiger partial charge is 0.336 e. The highest BCUT2D eigenvalue weighted by molar-refractivity contribution is 5.94. The van der Waals surface area contributed by atoms with Crippen molar-refractivity contribution in [3.63, 3.8) is 0 Å². The summed E-state index contributed by atoms with van der Waals surface area (Å²) in [4.78, 5) is 22.9. The van der Waals surface area contributed by atoms with E-state index in [0.717, 1.165) is 0 Å². The van der Waals surface area contributed by atoms with E-state index in [4.69, 9.17) is 5.11 Å². The molecule has 0 fully saturated rings. The molecule has 0 aromatic heterocycles. The first-order chi connectivity index (χ1) is 9.63. The summed E-state index contributed by atoms with van der Waals surface area (Å²) in [6.07, 6.45) is 0. The predicted octanol–water partition coefficient (Wildman–Crippen LogP) is 3.50.